The number of hydrogen-bond acceptors (Lipinski definition) is 1. The summed E-state index contributed by atoms with van der Waals surface area (Å²) in [5.41, 5.74) is 1.11. The highest BCUT2D eigenvalue weighted by Gasteiger charge is 2.08. The molecule has 2 aromatic rings. The van der Waals surface area contributed by atoms with Gasteiger partial charge in [0.2, 0.25) is 5.91 Å². The standard InChI is InChI=1S/C15H11Cl3FNO/c16-11-3-2-10(14(19)7-11)8-20-15(21)6-9-1-4-12(17)13(18)5-9/h1-5,7H,6,8H2,(H,20,21). The van der Waals surface area contributed by atoms with E-state index in [0.29, 0.717) is 20.6 Å². The molecular weight excluding hydrogens is 336 g/mol. The third kappa shape index (κ3) is 4.60. The van der Waals surface area contributed by atoms with E-state index >= 15 is 0 Å². The molecule has 0 aliphatic carbocycles. The Morgan fingerprint density at radius 1 is 1.05 bits per heavy atom. The Balaban J connectivity index is 1.94. The van der Waals surface area contributed by atoms with Gasteiger partial charge in [0.25, 0.3) is 0 Å². The third-order valence-electron chi connectivity index (χ3n) is 2.84. The molecule has 1 amide bonds. The fraction of sp³-hybridized carbons (Fsp3) is 0.133. The summed E-state index contributed by atoms with van der Waals surface area (Å²) in [6.07, 6.45) is 0.145. The SMILES string of the molecule is O=C(Cc1ccc(Cl)c(Cl)c1)NCc1ccc(Cl)cc1F. The lowest BCUT2D eigenvalue weighted by Gasteiger charge is -2.07. The topological polar surface area (TPSA) is 29.1 Å². The Morgan fingerprint density at radius 2 is 1.81 bits per heavy atom. The van der Waals surface area contributed by atoms with Crippen LogP contribution in [0.5, 0.6) is 0 Å². The van der Waals surface area contributed by atoms with Crippen LogP contribution >= 0.6 is 34.8 Å². The zero-order chi connectivity index (χ0) is 15.4. The van der Waals surface area contributed by atoms with Crippen LogP contribution in [0.3, 0.4) is 0 Å². The zero-order valence-corrected chi connectivity index (χ0v) is 13.1. The van der Waals surface area contributed by atoms with Gasteiger partial charge < -0.3 is 5.32 Å². The predicted octanol–water partition coefficient (Wildman–Crippen LogP) is 4.64. The lowest BCUT2D eigenvalue weighted by molar-refractivity contribution is -0.120. The molecule has 0 heterocycles. The molecule has 2 rings (SSSR count). The molecule has 0 aliphatic heterocycles. The highest BCUT2D eigenvalue weighted by molar-refractivity contribution is 6.42. The first-order valence-corrected chi connectivity index (χ1v) is 7.23. The van der Waals surface area contributed by atoms with Crippen molar-refractivity contribution in [3.8, 4) is 0 Å². The summed E-state index contributed by atoms with van der Waals surface area (Å²) in [5.74, 6) is -0.680. The second-order valence-corrected chi connectivity index (χ2v) is 5.69. The van der Waals surface area contributed by atoms with E-state index in [-0.39, 0.29) is 18.9 Å². The highest BCUT2D eigenvalue weighted by Crippen LogP contribution is 2.22. The molecule has 0 saturated heterocycles. The second-order valence-electron chi connectivity index (χ2n) is 4.44. The Hall–Kier alpha value is -1.29. The number of benzene rings is 2. The number of nitrogens with one attached hydrogen (secondary N) is 1. The van der Waals surface area contributed by atoms with Crippen LogP contribution in [-0.4, -0.2) is 5.91 Å². The van der Waals surface area contributed by atoms with Crippen LogP contribution < -0.4 is 5.32 Å². The van der Waals surface area contributed by atoms with Crippen molar-refractivity contribution < 1.29 is 9.18 Å². The van der Waals surface area contributed by atoms with Gasteiger partial charge in [-0.15, -0.1) is 0 Å². The molecule has 0 aliphatic rings. The van der Waals surface area contributed by atoms with E-state index < -0.39 is 5.82 Å². The van der Waals surface area contributed by atoms with Gasteiger partial charge in [-0.05, 0) is 29.8 Å². The Kier molecular flexibility index (Phi) is 5.45. The van der Waals surface area contributed by atoms with Gasteiger partial charge in [0.05, 0.1) is 16.5 Å². The van der Waals surface area contributed by atoms with Crippen molar-refractivity contribution in [2.24, 2.45) is 0 Å². The number of carbonyl (C=O) groups excluding carboxylic acids is 1. The summed E-state index contributed by atoms with van der Waals surface area (Å²) < 4.78 is 13.6. The van der Waals surface area contributed by atoms with Crippen LogP contribution in [0.4, 0.5) is 4.39 Å². The minimum atomic E-state index is -0.447. The van der Waals surface area contributed by atoms with Gasteiger partial charge in [0, 0.05) is 17.1 Å². The summed E-state index contributed by atoms with van der Waals surface area (Å²) in [7, 11) is 0. The van der Waals surface area contributed by atoms with Crippen LogP contribution in [0.15, 0.2) is 36.4 Å². The molecule has 0 saturated carbocycles. The number of rotatable bonds is 4. The fourth-order valence-electron chi connectivity index (χ4n) is 1.76. The minimum absolute atomic E-state index is 0.100. The van der Waals surface area contributed by atoms with Gasteiger partial charge in [0.15, 0.2) is 0 Å². The summed E-state index contributed by atoms with van der Waals surface area (Å²) >= 11 is 17.3. The molecule has 0 fully saturated rings. The normalized spacial score (nSPS) is 10.5. The van der Waals surface area contributed by atoms with E-state index in [4.69, 9.17) is 34.8 Å². The molecule has 0 radical (unpaired) electrons. The Morgan fingerprint density at radius 3 is 2.48 bits per heavy atom. The van der Waals surface area contributed by atoms with Gasteiger partial charge in [-0.1, -0.05) is 46.9 Å². The molecule has 2 nitrogen and oxygen atoms in total. The molecule has 0 spiro atoms. The minimum Gasteiger partial charge on any atom is -0.352 e. The second kappa shape index (κ2) is 7.12. The smallest absolute Gasteiger partial charge is 0.224 e. The molecule has 6 heteroatoms. The molecule has 0 bridgehead atoms. The molecule has 1 N–H and O–H groups in total. The van der Waals surface area contributed by atoms with Gasteiger partial charge in [-0.3, -0.25) is 4.79 Å². The lowest BCUT2D eigenvalue weighted by Crippen LogP contribution is -2.25. The van der Waals surface area contributed by atoms with Crippen LogP contribution in [0, 0.1) is 5.82 Å². The van der Waals surface area contributed by atoms with Crippen molar-refractivity contribution in [2.45, 2.75) is 13.0 Å². The van der Waals surface area contributed by atoms with Gasteiger partial charge in [-0.2, -0.15) is 0 Å². The van der Waals surface area contributed by atoms with Crippen molar-refractivity contribution in [3.63, 3.8) is 0 Å². The summed E-state index contributed by atoms with van der Waals surface area (Å²) in [4.78, 5) is 11.8. The number of hydrogen-bond donors (Lipinski definition) is 1. The van der Waals surface area contributed by atoms with Crippen molar-refractivity contribution in [2.75, 3.05) is 0 Å². The number of halogens is 4. The Labute approximate surface area is 136 Å². The molecule has 0 aromatic heterocycles. The van der Waals surface area contributed by atoms with Gasteiger partial charge in [-0.25, -0.2) is 4.39 Å². The summed E-state index contributed by atoms with van der Waals surface area (Å²) in [6, 6.07) is 9.30. The molecule has 21 heavy (non-hydrogen) atoms. The van der Waals surface area contributed by atoms with Crippen LogP contribution in [0.25, 0.3) is 0 Å². The first kappa shape index (κ1) is 16.1. The maximum atomic E-state index is 13.6. The maximum absolute atomic E-state index is 13.6. The average Bonchev–Trinajstić information content (AvgIpc) is 2.42. The Bertz CT molecular complexity index is 676. The lowest BCUT2D eigenvalue weighted by atomic mass is 10.1. The average molecular weight is 347 g/mol. The monoisotopic (exact) mass is 345 g/mol. The van der Waals surface area contributed by atoms with E-state index in [1.807, 2.05) is 0 Å². The van der Waals surface area contributed by atoms with Crippen LogP contribution in [0.1, 0.15) is 11.1 Å². The number of carbonyl (C=O) groups is 1. The van der Waals surface area contributed by atoms with E-state index in [0.717, 1.165) is 5.56 Å². The largest absolute Gasteiger partial charge is 0.352 e. The molecule has 110 valence electrons. The van der Waals surface area contributed by atoms with Gasteiger partial charge >= 0.3 is 0 Å². The maximum Gasteiger partial charge on any atom is 0.224 e. The molecule has 0 atom stereocenters. The predicted molar refractivity (Wildman–Crippen MR) is 83.4 cm³/mol. The number of amides is 1. The highest BCUT2D eigenvalue weighted by atomic mass is 35.5. The summed E-state index contributed by atoms with van der Waals surface area (Å²) in [6.45, 7) is 0.100. The fourth-order valence-corrected chi connectivity index (χ4v) is 2.24. The zero-order valence-electron chi connectivity index (χ0n) is 10.8. The van der Waals surface area contributed by atoms with Gasteiger partial charge in [0.1, 0.15) is 5.82 Å². The molecule has 0 unspecified atom stereocenters. The third-order valence-corrected chi connectivity index (χ3v) is 3.81. The molecule has 2 aromatic carbocycles. The van der Waals surface area contributed by atoms with E-state index in [9.17, 15) is 9.18 Å². The summed E-state index contributed by atoms with van der Waals surface area (Å²) in [5, 5.41) is 3.79. The van der Waals surface area contributed by atoms with E-state index in [2.05, 4.69) is 5.32 Å². The van der Waals surface area contributed by atoms with Crippen molar-refractivity contribution >= 4 is 40.7 Å². The van der Waals surface area contributed by atoms with Crippen molar-refractivity contribution in [3.05, 3.63) is 68.4 Å². The molecular formula is C15H11Cl3FNO. The van der Waals surface area contributed by atoms with E-state index in [1.165, 1.54) is 12.1 Å². The quantitative estimate of drug-likeness (QED) is 0.858. The van der Waals surface area contributed by atoms with Crippen LogP contribution in [-0.2, 0) is 17.8 Å². The van der Waals surface area contributed by atoms with Crippen LogP contribution in [0.2, 0.25) is 15.1 Å². The van der Waals surface area contributed by atoms with Crippen molar-refractivity contribution in [1.29, 1.82) is 0 Å². The first-order valence-electron chi connectivity index (χ1n) is 6.10. The van der Waals surface area contributed by atoms with Crippen molar-refractivity contribution in [1.82, 2.24) is 5.32 Å². The first-order chi connectivity index (χ1) is 9.95. The van der Waals surface area contributed by atoms with E-state index in [1.54, 1.807) is 24.3 Å².